The van der Waals surface area contributed by atoms with Crippen molar-refractivity contribution in [1.82, 2.24) is 0 Å². The topological polar surface area (TPSA) is 58.6 Å². The number of ether oxygens (including phenoxy) is 1. The van der Waals surface area contributed by atoms with Crippen LogP contribution in [0.25, 0.3) is 0 Å². The third-order valence-electron chi connectivity index (χ3n) is 3.38. The molecule has 0 saturated carbocycles. The third-order valence-corrected chi connectivity index (χ3v) is 3.64. The number of anilines is 2. The lowest BCUT2D eigenvalue weighted by molar-refractivity contribution is -0.123. The zero-order chi connectivity index (χ0) is 17.7. The molecule has 0 bridgehead atoms. The second-order valence-corrected chi connectivity index (χ2v) is 5.92. The summed E-state index contributed by atoms with van der Waals surface area (Å²) in [5.74, 6) is -0.949. The van der Waals surface area contributed by atoms with E-state index in [0.717, 1.165) is 5.69 Å². The number of rotatable bonds is 5. The van der Waals surface area contributed by atoms with Crippen LogP contribution in [0.5, 0.6) is 0 Å². The second-order valence-electron chi connectivity index (χ2n) is 5.48. The number of benzene rings is 2. The largest absolute Gasteiger partial charge is 0.449 e. The fraction of sp³-hybridized carbons (Fsp3) is 0.222. The molecule has 0 spiro atoms. The quantitative estimate of drug-likeness (QED) is 0.840. The first kappa shape index (κ1) is 17.8. The van der Waals surface area contributed by atoms with Crippen LogP contribution < -0.4 is 10.2 Å². The molecule has 6 heteroatoms. The molecule has 2 aromatic carbocycles. The van der Waals surface area contributed by atoms with Gasteiger partial charge in [0.2, 0.25) is 0 Å². The maximum absolute atomic E-state index is 12.1. The summed E-state index contributed by atoms with van der Waals surface area (Å²) < 4.78 is 5.20. The van der Waals surface area contributed by atoms with Gasteiger partial charge in [0.05, 0.1) is 5.56 Å². The summed E-state index contributed by atoms with van der Waals surface area (Å²) >= 11 is 5.79. The van der Waals surface area contributed by atoms with Crippen molar-refractivity contribution in [2.45, 2.75) is 13.0 Å². The van der Waals surface area contributed by atoms with Crippen molar-refractivity contribution in [3.05, 3.63) is 59.1 Å². The predicted molar refractivity (Wildman–Crippen MR) is 95.7 cm³/mol. The maximum Gasteiger partial charge on any atom is 0.338 e. The molecule has 0 aliphatic rings. The van der Waals surface area contributed by atoms with Crippen LogP contribution in [0.4, 0.5) is 11.4 Å². The average molecular weight is 347 g/mol. The highest BCUT2D eigenvalue weighted by Crippen LogP contribution is 2.15. The van der Waals surface area contributed by atoms with Gasteiger partial charge in [-0.25, -0.2) is 4.79 Å². The molecule has 0 aliphatic carbocycles. The van der Waals surface area contributed by atoms with Gasteiger partial charge in [-0.1, -0.05) is 11.6 Å². The Hall–Kier alpha value is -2.53. The monoisotopic (exact) mass is 346 g/mol. The van der Waals surface area contributed by atoms with Crippen LogP contribution in [0.2, 0.25) is 5.02 Å². The zero-order valence-electron chi connectivity index (χ0n) is 13.7. The van der Waals surface area contributed by atoms with Crippen LogP contribution >= 0.6 is 11.6 Å². The first-order valence-electron chi connectivity index (χ1n) is 7.41. The van der Waals surface area contributed by atoms with E-state index in [-0.39, 0.29) is 0 Å². The van der Waals surface area contributed by atoms with Crippen molar-refractivity contribution in [3.8, 4) is 0 Å². The molecule has 0 radical (unpaired) electrons. The molecule has 2 rings (SSSR count). The van der Waals surface area contributed by atoms with Gasteiger partial charge in [0.25, 0.3) is 5.91 Å². The Morgan fingerprint density at radius 3 is 2.17 bits per heavy atom. The lowest BCUT2D eigenvalue weighted by atomic mass is 10.2. The van der Waals surface area contributed by atoms with E-state index >= 15 is 0 Å². The van der Waals surface area contributed by atoms with Gasteiger partial charge < -0.3 is 15.0 Å². The van der Waals surface area contributed by atoms with Crippen LogP contribution in [0.3, 0.4) is 0 Å². The zero-order valence-corrected chi connectivity index (χ0v) is 14.5. The van der Waals surface area contributed by atoms with Crippen molar-refractivity contribution >= 4 is 34.9 Å². The van der Waals surface area contributed by atoms with Gasteiger partial charge in [-0.05, 0) is 55.5 Å². The van der Waals surface area contributed by atoms with Crippen molar-refractivity contribution in [1.29, 1.82) is 0 Å². The second kappa shape index (κ2) is 7.84. The Labute approximate surface area is 146 Å². The summed E-state index contributed by atoms with van der Waals surface area (Å²) in [4.78, 5) is 26.1. The average Bonchev–Trinajstić information content (AvgIpc) is 2.56. The molecule has 0 saturated heterocycles. The number of halogens is 1. The van der Waals surface area contributed by atoms with Crippen molar-refractivity contribution in [3.63, 3.8) is 0 Å². The van der Waals surface area contributed by atoms with Crippen LogP contribution in [0, 0.1) is 0 Å². The van der Waals surface area contributed by atoms with E-state index in [1.807, 2.05) is 31.1 Å². The van der Waals surface area contributed by atoms with Crippen molar-refractivity contribution < 1.29 is 14.3 Å². The van der Waals surface area contributed by atoms with Gasteiger partial charge in [0, 0.05) is 30.5 Å². The molecule has 1 atom stereocenters. The van der Waals surface area contributed by atoms with Crippen molar-refractivity contribution in [2.75, 3.05) is 24.3 Å². The summed E-state index contributed by atoms with van der Waals surface area (Å²) in [6, 6.07) is 13.6. The molecule has 0 unspecified atom stereocenters. The van der Waals surface area contributed by atoms with E-state index in [9.17, 15) is 9.59 Å². The Bertz CT molecular complexity index is 712. The van der Waals surface area contributed by atoms with Gasteiger partial charge in [0.1, 0.15) is 0 Å². The Kier molecular flexibility index (Phi) is 5.82. The number of nitrogens with one attached hydrogen (secondary N) is 1. The highest BCUT2D eigenvalue weighted by atomic mass is 35.5. The van der Waals surface area contributed by atoms with Gasteiger partial charge >= 0.3 is 5.97 Å². The molecule has 0 fully saturated rings. The number of carbonyl (C=O) groups excluding carboxylic acids is 2. The van der Waals surface area contributed by atoms with Gasteiger partial charge in [0.15, 0.2) is 6.10 Å². The number of carbonyl (C=O) groups is 2. The molecule has 1 amide bonds. The smallest absolute Gasteiger partial charge is 0.338 e. The lowest BCUT2D eigenvalue weighted by Crippen LogP contribution is -2.30. The van der Waals surface area contributed by atoms with E-state index < -0.39 is 18.0 Å². The maximum atomic E-state index is 12.1. The van der Waals surface area contributed by atoms with E-state index in [1.54, 1.807) is 36.4 Å². The molecular weight excluding hydrogens is 328 g/mol. The molecular formula is C18H19ClN2O3. The molecule has 2 aromatic rings. The summed E-state index contributed by atoms with van der Waals surface area (Å²) in [7, 11) is 3.83. The van der Waals surface area contributed by atoms with Crippen LogP contribution in [-0.4, -0.2) is 32.1 Å². The van der Waals surface area contributed by atoms with Gasteiger partial charge in [-0.2, -0.15) is 0 Å². The predicted octanol–water partition coefficient (Wildman–Crippen LogP) is 3.59. The number of hydrogen-bond acceptors (Lipinski definition) is 4. The summed E-state index contributed by atoms with van der Waals surface area (Å²) in [5.41, 5.74) is 1.95. The van der Waals surface area contributed by atoms with Crippen LogP contribution in [0.15, 0.2) is 48.5 Å². The first-order chi connectivity index (χ1) is 11.4. The van der Waals surface area contributed by atoms with E-state index in [4.69, 9.17) is 16.3 Å². The lowest BCUT2D eigenvalue weighted by Gasteiger charge is -2.15. The van der Waals surface area contributed by atoms with Gasteiger partial charge in [-0.15, -0.1) is 0 Å². The molecule has 126 valence electrons. The third kappa shape index (κ3) is 4.73. The molecule has 0 heterocycles. The summed E-state index contributed by atoms with van der Waals surface area (Å²) in [6.45, 7) is 1.53. The molecule has 0 aliphatic heterocycles. The van der Waals surface area contributed by atoms with Crippen LogP contribution in [-0.2, 0) is 9.53 Å². The molecule has 1 N–H and O–H groups in total. The Morgan fingerprint density at radius 1 is 1.04 bits per heavy atom. The summed E-state index contributed by atoms with van der Waals surface area (Å²) in [6.07, 6.45) is -0.915. The van der Waals surface area contributed by atoms with E-state index in [0.29, 0.717) is 16.3 Å². The highest BCUT2D eigenvalue weighted by Gasteiger charge is 2.19. The van der Waals surface area contributed by atoms with Gasteiger partial charge in [-0.3, -0.25) is 4.79 Å². The minimum atomic E-state index is -0.915. The molecule has 0 aromatic heterocycles. The minimum Gasteiger partial charge on any atom is -0.449 e. The Balaban J connectivity index is 1.94. The fourth-order valence-corrected chi connectivity index (χ4v) is 2.08. The minimum absolute atomic E-state index is 0.395. The number of amides is 1. The van der Waals surface area contributed by atoms with E-state index in [2.05, 4.69) is 5.32 Å². The number of hydrogen-bond donors (Lipinski definition) is 1. The molecule has 5 nitrogen and oxygen atoms in total. The first-order valence-corrected chi connectivity index (χ1v) is 7.79. The molecule has 24 heavy (non-hydrogen) atoms. The van der Waals surface area contributed by atoms with Crippen molar-refractivity contribution in [2.24, 2.45) is 0 Å². The number of nitrogens with zero attached hydrogens (tertiary/aromatic N) is 1. The van der Waals surface area contributed by atoms with Crippen LogP contribution in [0.1, 0.15) is 17.3 Å². The highest BCUT2D eigenvalue weighted by molar-refractivity contribution is 6.30. The fourth-order valence-electron chi connectivity index (χ4n) is 1.95. The van der Waals surface area contributed by atoms with E-state index in [1.165, 1.54) is 6.92 Å². The summed E-state index contributed by atoms with van der Waals surface area (Å²) in [5, 5.41) is 3.25. The normalized spacial score (nSPS) is 11.5. The Morgan fingerprint density at radius 2 is 1.62 bits per heavy atom. The standard InChI is InChI=1S/C18H19ClN2O3/c1-12(17(22)20-15-8-6-14(19)7-9-15)24-18(23)13-4-10-16(11-5-13)21(2)3/h4-12H,1-3H3,(H,20,22)/t12-/m1/s1. The SMILES string of the molecule is C[C@@H](OC(=O)c1ccc(N(C)C)cc1)C(=O)Nc1ccc(Cl)cc1. The number of esters is 1.